The van der Waals surface area contributed by atoms with E-state index in [1.807, 2.05) is 42.5 Å². The third-order valence-corrected chi connectivity index (χ3v) is 6.93. The Hall–Kier alpha value is -3.27. The van der Waals surface area contributed by atoms with Crippen molar-refractivity contribution in [3.8, 4) is 28.4 Å². The molecule has 0 unspecified atom stereocenters. The fourth-order valence-electron chi connectivity index (χ4n) is 4.57. The minimum absolute atomic E-state index is 0.231. The van der Waals surface area contributed by atoms with Gasteiger partial charge in [-0.25, -0.2) is 4.39 Å². The topological polar surface area (TPSA) is 27.7 Å². The molecule has 1 fully saturated rings. The summed E-state index contributed by atoms with van der Waals surface area (Å²) in [7, 11) is 0. The zero-order valence-electron chi connectivity index (χ0n) is 21.5. The highest BCUT2D eigenvalue weighted by Crippen LogP contribution is 2.32. The van der Waals surface area contributed by atoms with Crippen molar-refractivity contribution in [3.63, 3.8) is 0 Å². The van der Waals surface area contributed by atoms with Crippen molar-refractivity contribution in [2.45, 2.75) is 52.4 Å². The van der Waals surface area contributed by atoms with Gasteiger partial charge in [-0.2, -0.15) is 0 Å². The van der Waals surface area contributed by atoms with Crippen LogP contribution in [0.1, 0.15) is 50.7 Å². The highest BCUT2D eigenvalue weighted by Gasteiger charge is 2.17. The first-order valence-corrected chi connectivity index (χ1v) is 13.1. The molecule has 0 aliphatic heterocycles. The van der Waals surface area contributed by atoms with Crippen LogP contribution in [0.5, 0.6) is 17.2 Å². The van der Waals surface area contributed by atoms with Gasteiger partial charge in [0.1, 0.15) is 24.7 Å². The second-order valence-corrected chi connectivity index (χ2v) is 9.52. The Labute approximate surface area is 214 Å². The van der Waals surface area contributed by atoms with E-state index in [2.05, 4.69) is 26.5 Å². The van der Waals surface area contributed by atoms with Gasteiger partial charge >= 0.3 is 0 Å². The van der Waals surface area contributed by atoms with Crippen LogP contribution in [0, 0.1) is 11.7 Å². The molecule has 0 radical (unpaired) electrons. The molecule has 3 nitrogen and oxygen atoms in total. The molecule has 36 heavy (non-hydrogen) atoms. The lowest BCUT2D eigenvalue weighted by molar-refractivity contribution is 0.211. The second-order valence-electron chi connectivity index (χ2n) is 9.52. The summed E-state index contributed by atoms with van der Waals surface area (Å²) < 4.78 is 32.3. The van der Waals surface area contributed by atoms with Gasteiger partial charge in [0.2, 0.25) is 0 Å². The summed E-state index contributed by atoms with van der Waals surface area (Å²) in [5, 5.41) is 0. The maximum atomic E-state index is 14.8. The molecule has 0 aromatic heterocycles. The number of allylic oxidation sites excluding steroid dienone is 1. The Balaban J connectivity index is 1.32. The zero-order chi connectivity index (χ0) is 25.3. The van der Waals surface area contributed by atoms with Gasteiger partial charge in [0.05, 0.1) is 6.61 Å². The Kier molecular flexibility index (Phi) is 9.05. The first kappa shape index (κ1) is 25.8. The fourth-order valence-corrected chi connectivity index (χ4v) is 4.57. The van der Waals surface area contributed by atoms with Crippen molar-refractivity contribution in [2.24, 2.45) is 5.92 Å². The summed E-state index contributed by atoms with van der Waals surface area (Å²) in [6, 6.07) is 19.2. The molecular weight excluding hydrogens is 451 g/mol. The van der Waals surface area contributed by atoms with E-state index < -0.39 is 0 Å². The molecule has 0 saturated heterocycles. The van der Waals surface area contributed by atoms with Crippen LogP contribution in [0.3, 0.4) is 0 Å². The summed E-state index contributed by atoms with van der Waals surface area (Å²) in [4.78, 5) is 0. The van der Waals surface area contributed by atoms with Gasteiger partial charge in [0, 0.05) is 0 Å². The van der Waals surface area contributed by atoms with Gasteiger partial charge < -0.3 is 14.2 Å². The molecule has 0 N–H and O–H groups in total. The van der Waals surface area contributed by atoms with Crippen molar-refractivity contribution in [1.82, 2.24) is 0 Å². The van der Waals surface area contributed by atoms with Crippen molar-refractivity contribution in [3.05, 3.63) is 89.8 Å². The van der Waals surface area contributed by atoms with E-state index in [0.29, 0.717) is 12.5 Å². The van der Waals surface area contributed by atoms with Crippen LogP contribution in [0.15, 0.2) is 72.8 Å². The van der Waals surface area contributed by atoms with Gasteiger partial charge in [-0.15, -0.1) is 0 Å². The SMILES string of the molecule is C=C1CCC(COc2ccc(-c3ccc(OCCOc4ccc(CC)cc4)c(F)c3)cc2CC)CC1. The average Bonchev–Trinajstić information content (AvgIpc) is 2.91. The summed E-state index contributed by atoms with van der Waals surface area (Å²) in [6.07, 6.45) is 6.38. The monoisotopic (exact) mass is 488 g/mol. The Morgan fingerprint density at radius 2 is 1.44 bits per heavy atom. The zero-order valence-corrected chi connectivity index (χ0v) is 21.5. The molecule has 4 rings (SSSR count). The summed E-state index contributed by atoms with van der Waals surface area (Å²) in [5.41, 5.74) is 5.55. The maximum Gasteiger partial charge on any atom is 0.165 e. The highest BCUT2D eigenvalue weighted by molar-refractivity contribution is 5.66. The molecule has 4 heteroatoms. The summed E-state index contributed by atoms with van der Waals surface area (Å²) in [6.45, 7) is 9.70. The summed E-state index contributed by atoms with van der Waals surface area (Å²) in [5.74, 6) is 2.16. The average molecular weight is 489 g/mol. The molecule has 3 aromatic rings. The third-order valence-electron chi connectivity index (χ3n) is 6.93. The predicted molar refractivity (Wildman–Crippen MR) is 145 cm³/mol. The van der Waals surface area contributed by atoms with E-state index in [4.69, 9.17) is 14.2 Å². The lowest BCUT2D eigenvalue weighted by atomic mass is 9.87. The molecule has 0 bridgehead atoms. The van der Waals surface area contributed by atoms with Crippen LogP contribution >= 0.6 is 0 Å². The molecule has 3 aromatic carbocycles. The maximum absolute atomic E-state index is 14.8. The Bertz CT molecular complexity index is 1140. The van der Waals surface area contributed by atoms with Crippen LogP contribution in [0.2, 0.25) is 0 Å². The van der Waals surface area contributed by atoms with Crippen LogP contribution in [0.25, 0.3) is 11.1 Å². The minimum atomic E-state index is -0.378. The van der Waals surface area contributed by atoms with Crippen LogP contribution in [0.4, 0.5) is 4.39 Å². The van der Waals surface area contributed by atoms with Gasteiger partial charge in [0.15, 0.2) is 11.6 Å². The normalized spacial score (nSPS) is 14.0. The van der Waals surface area contributed by atoms with Gasteiger partial charge in [-0.1, -0.05) is 50.3 Å². The van der Waals surface area contributed by atoms with Crippen LogP contribution in [-0.4, -0.2) is 19.8 Å². The molecule has 1 aliphatic rings. The Morgan fingerprint density at radius 1 is 0.778 bits per heavy atom. The third kappa shape index (κ3) is 6.90. The molecular formula is C32H37FO3. The predicted octanol–water partition coefficient (Wildman–Crippen LogP) is 8.20. The van der Waals surface area contributed by atoms with E-state index in [9.17, 15) is 4.39 Å². The molecule has 1 saturated carbocycles. The first-order valence-electron chi connectivity index (χ1n) is 13.1. The lowest BCUT2D eigenvalue weighted by Crippen LogP contribution is -2.16. The first-order chi connectivity index (χ1) is 17.6. The number of hydrogen-bond donors (Lipinski definition) is 0. The minimum Gasteiger partial charge on any atom is -0.493 e. The standard InChI is InChI=1S/C32H37FO3/c1-4-24-10-14-29(15-11-24)34-18-19-35-32-17-13-28(21-30(32)33)27-12-16-31(26(5-2)20-27)36-22-25-8-6-23(3)7-9-25/h10-17,20-21,25H,3-9,18-19,22H2,1-2H3. The number of aryl methyl sites for hydroxylation is 2. The van der Waals surface area contributed by atoms with Crippen molar-refractivity contribution < 1.29 is 18.6 Å². The molecule has 0 amide bonds. The highest BCUT2D eigenvalue weighted by atomic mass is 19.1. The largest absolute Gasteiger partial charge is 0.493 e. The lowest BCUT2D eigenvalue weighted by Gasteiger charge is -2.24. The van der Waals surface area contributed by atoms with Crippen molar-refractivity contribution >= 4 is 0 Å². The van der Waals surface area contributed by atoms with Gasteiger partial charge in [-0.05, 0) is 103 Å². The van der Waals surface area contributed by atoms with E-state index in [1.165, 1.54) is 17.2 Å². The molecule has 190 valence electrons. The number of hydrogen-bond acceptors (Lipinski definition) is 3. The van der Waals surface area contributed by atoms with Gasteiger partial charge in [0.25, 0.3) is 0 Å². The fraction of sp³-hybridized carbons (Fsp3) is 0.375. The molecule has 0 spiro atoms. The Morgan fingerprint density at radius 3 is 2.11 bits per heavy atom. The molecule has 0 atom stereocenters. The van der Waals surface area contributed by atoms with Crippen molar-refractivity contribution in [2.75, 3.05) is 19.8 Å². The van der Waals surface area contributed by atoms with Gasteiger partial charge in [-0.3, -0.25) is 0 Å². The van der Waals surface area contributed by atoms with E-state index >= 15 is 0 Å². The molecule has 0 heterocycles. The molecule has 1 aliphatic carbocycles. The van der Waals surface area contributed by atoms with Crippen molar-refractivity contribution in [1.29, 1.82) is 0 Å². The van der Waals surface area contributed by atoms with E-state index in [1.54, 1.807) is 6.07 Å². The number of benzene rings is 3. The number of ether oxygens (including phenoxy) is 3. The summed E-state index contributed by atoms with van der Waals surface area (Å²) >= 11 is 0. The van der Waals surface area contributed by atoms with E-state index in [-0.39, 0.29) is 18.2 Å². The smallest absolute Gasteiger partial charge is 0.165 e. The van der Waals surface area contributed by atoms with Crippen LogP contribution in [-0.2, 0) is 12.8 Å². The second kappa shape index (κ2) is 12.6. The number of halogens is 1. The van der Waals surface area contributed by atoms with Crippen LogP contribution < -0.4 is 14.2 Å². The quantitative estimate of drug-likeness (QED) is 0.201. The van der Waals surface area contributed by atoms with E-state index in [0.717, 1.165) is 73.3 Å². The number of rotatable bonds is 11.